The SMILES string of the molecule is C#Cc1cc2cc(C=O)[nH]c2cn1.CNCC(=O)N(C)C.Cc1ccccc1. The molecule has 1 aromatic carbocycles. The van der Waals surface area contributed by atoms with Crippen LogP contribution in [0.15, 0.2) is 48.7 Å². The van der Waals surface area contributed by atoms with Crippen molar-refractivity contribution in [1.82, 2.24) is 20.2 Å². The number of H-pyrrole nitrogens is 1. The van der Waals surface area contributed by atoms with E-state index in [1.165, 1.54) is 5.56 Å². The van der Waals surface area contributed by atoms with Gasteiger partial charge in [0.25, 0.3) is 0 Å². The quantitative estimate of drug-likeness (QED) is 0.543. The average Bonchev–Trinajstić information content (AvgIpc) is 3.12. The van der Waals surface area contributed by atoms with Crippen LogP contribution in [0.1, 0.15) is 21.7 Å². The Bertz CT molecular complexity index is 925. The van der Waals surface area contributed by atoms with Crippen molar-refractivity contribution in [2.45, 2.75) is 6.92 Å². The minimum absolute atomic E-state index is 0.104. The summed E-state index contributed by atoms with van der Waals surface area (Å²) >= 11 is 0. The molecule has 0 aliphatic rings. The number of aldehydes is 1. The van der Waals surface area contributed by atoms with Gasteiger partial charge in [-0.1, -0.05) is 41.8 Å². The molecule has 0 saturated heterocycles. The summed E-state index contributed by atoms with van der Waals surface area (Å²) in [7, 11) is 5.22. The van der Waals surface area contributed by atoms with Gasteiger partial charge in [-0.25, -0.2) is 4.98 Å². The summed E-state index contributed by atoms with van der Waals surface area (Å²) in [6.45, 7) is 2.51. The fourth-order valence-corrected chi connectivity index (χ4v) is 2.04. The summed E-state index contributed by atoms with van der Waals surface area (Å²) in [5.74, 6) is 2.54. The van der Waals surface area contributed by atoms with Gasteiger partial charge in [0.1, 0.15) is 5.69 Å². The summed E-state index contributed by atoms with van der Waals surface area (Å²) in [5.41, 5.74) is 3.25. The molecule has 0 unspecified atom stereocenters. The van der Waals surface area contributed by atoms with Crippen molar-refractivity contribution < 1.29 is 9.59 Å². The number of terminal acetylenes is 1. The zero-order valence-corrected chi connectivity index (χ0v) is 16.7. The van der Waals surface area contributed by atoms with Crippen LogP contribution < -0.4 is 5.32 Å². The summed E-state index contributed by atoms with van der Waals surface area (Å²) in [5, 5.41) is 3.67. The van der Waals surface area contributed by atoms with Crippen LogP contribution in [0.3, 0.4) is 0 Å². The van der Waals surface area contributed by atoms with Crippen LogP contribution in [0, 0.1) is 19.3 Å². The van der Waals surface area contributed by atoms with Gasteiger partial charge in [-0.2, -0.15) is 0 Å². The van der Waals surface area contributed by atoms with Crippen LogP contribution in [0.25, 0.3) is 10.9 Å². The van der Waals surface area contributed by atoms with Crippen molar-refractivity contribution in [3.8, 4) is 12.3 Å². The number of likely N-dealkylation sites (N-methyl/N-ethyl adjacent to an activating group) is 2. The molecule has 0 aliphatic heterocycles. The van der Waals surface area contributed by atoms with Gasteiger partial charge in [0.2, 0.25) is 5.91 Å². The number of carbonyl (C=O) groups excluding carboxylic acids is 2. The van der Waals surface area contributed by atoms with Gasteiger partial charge in [-0.05, 0) is 26.1 Å². The number of rotatable bonds is 3. The van der Waals surface area contributed by atoms with E-state index in [0.717, 1.165) is 17.2 Å². The Labute approximate surface area is 166 Å². The lowest BCUT2D eigenvalue weighted by Crippen LogP contribution is -2.30. The topological polar surface area (TPSA) is 78.1 Å². The van der Waals surface area contributed by atoms with Crippen molar-refractivity contribution in [3.05, 3.63) is 65.6 Å². The molecule has 0 spiro atoms. The van der Waals surface area contributed by atoms with Gasteiger partial charge in [0.05, 0.1) is 24.0 Å². The largest absolute Gasteiger partial charge is 0.351 e. The van der Waals surface area contributed by atoms with Crippen molar-refractivity contribution in [2.24, 2.45) is 0 Å². The molecule has 0 fully saturated rings. The van der Waals surface area contributed by atoms with Gasteiger partial charge < -0.3 is 15.2 Å². The maximum absolute atomic E-state index is 10.6. The fraction of sp³-hybridized carbons (Fsp3) is 0.227. The van der Waals surface area contributed by atoms with E-state index in [4.69, 9.17) is 6.42 Å². The molecular formula is C22H26N4O2. The van der Waals surface area contributed by atoms with Crippen molar-refractivity contribution in [2.75, 3.05) is 27.7 Å². The van der Waals surface area contributed by atoms with E-state index in [2.05, 4.69) is 40.3 Å². The molecule has 0 bridgehead atoms. The molecule has 6 heteroatoms. The number of fused-ring (bicyclic) bond motifs is 1. The van der Waals surface area contributed by atoms with Crippen molar-refractivity contribution in [3.63, 3.8) is 0 Å². The molecule has 0 atom stereocenters. The molecule has 146 valence electrons. The minimum Gasteiger partial charge on any atom is -0.351 e. The van der Waals surface area contributed by atoms with Gasteiger partial charge in [-0.3, -0.25) is 9.59 Å². The van der Waals surface area contributed by atoms with E-state index in [1.54, 1.807) is 44.4 Å². The molecule has 2 N–H and O–H groups in total. The number of hydrogen-bond donors (Lipinski definition) is 2. The normalized spacial score (nSPS) is 9.25. The van der Waals surface area contributed by atoms with Crippen LogP contribution in [-0.4, -0.2) is 54.7 Å². The number of pyridine rings is 1. The number of nitrogens with zero attached hydrogens (tertiary/aromatic N) is 2. The van der Waals surface area contributed by atoms with Crippen molar-refractivity contribution in [1.29, 1.82) is 0 Å². The van der Waals surface area contributed by atoms with Crippen LogP contribution in [0.2, 0.25) is 0 Å². The smallest absolute Gasteiger partial charge is 0.235 e. The monoisotopic (exact) mass is 378 g/mol. The Morgan fingerprint density at radius 3 is 2.39 bits per heavy atom. The molecule has 6 nitrogen and oxygen atoms in total. The number of amides is 1. The Morgan fingerprint density at radius 1 is 1.29 bits per heavy atom. The highest BCUT2D eigenvalue weighted by molar-refractivity contribution is 5.87. The Balaban J connectivity index is 0.000000226. The number of hydrogen-bond acceptors (Lipinski definition) is 4. The van der Waals surface area contributed by atoms with Gasteiger partial charge in [0, 0.05) is 19.5 Å². The lowest BCUT2D eigenvalue weighted by molar-refractivity contribution is -0.127. The molecule has 0 saturated carbocycles. The molecule has 28 heavy (non-hydrogen) atoms. The minimum atomic E-state index is 0.104. The van der Waals surface area contributed by atoms with Gasteiger partial charge >= 0.3 is 0 Å². The lowest BCUT2D eigenvalue weighted by Gasteiger charge is -2.07. The first-order valence-electron chi connectivity index (χ1n) is 8.68. The number of carbonyl (C=O) groups is 2. The Hall–Kier alpha value is -3.43. The summed E-state index contributed by atoms with van der Waals surface area (Å²) in [4.78, 5) is 29.5. The first kappa shape index (κ1) is 22.6. The van der Waals surface area contributed by atoms with E-state index < -0.39 is 0 Å². The lowest BCUT2D eigenvalue weighted by atomic mass is 10.2. The van der Waals surface area contributed by atoms with E-state index in [9.17, 15) is 9.59 Å². The van der Waals surface area contributed by atoms with E-state index in [1.807, 2.05) is 18.2 Å². The zero-order chi connectivity index (χ0) is 20.9. The molecule has 1 amide bonds. The van der Waals surface area contributed by atoms with Crippen LogP contribution in [-0.2, 0) is 4.79 Å². The van der Waals surface area contributed by atoms with Crippen LogP contribution >= 0.6 is 0 Å². The molecular weight excluding hydrogens is 352 g/mol. The molecule has 0 radical (unpaired) electrons. The average molecular weight is 378 g/mol. The van der Waals surface area contributed by atoms with Gasteiger partial charge in [-0.15, -0.1) is 6.42 Å². The first-order chi connectivity index (χ1) is 13.4. The third kappa shape index (κ3) is 7.85. The second-order valence-electron chi connectivity index (χ2n) is 6.12. The number of benzene rings is 1. The van der Waals surface area contributed by atoms with Crippen molar-refractivity contribution >= 4 is 23.1 Å². The second kappa shape index (κ2) is 12.0. The molecule has 2 aromatic heterocycles. The first-order valence-corrected chi connectivity index (χ1v) is 8.68. The van der Waals surface area contributed by atoms with E-state index in [0.29, 0.717) is 17.9 Å². The maximum atomic E-state index is 10.6. The van der Waals surface area contributed by atoms with E-state index >= 15 is 0 Å². The van der Waals surface area contributed by atoms with Crippen LogP contribution in [0.4, 0.5) is 0 Å². The van der Waals surface area contributed by atoms with Gasteiger partial charge in [0.15, 0.2) is 6.29 Å². The molecule has 2 heterocycles. The molecule has 3 rings (SSSR count). The number of aryl methyl sites for hydroxylation is 1. The predicted molar refractivity (Wildman–Crippen MR) is 113 cm³/mol. The number of aromatic amines is 1. The highest BCUT2D eigenvalue weighted by Crippen LogP contribution is 2.13. The fourth-order valence-electron chi connectivity index (χ4n) is 2.04. The van der Waals surface area contributed by atoms with Crippen LogP contribution in [0.5, 0.6) is 0 Å². The standard InChI is InChI=1S/C10H6N2O.C7H8.C5H12N2O/c1-2-8-3-7-4-9(6-13)12-10(7)5-11-8;1-7-5-3-2-4-6-7;1-6-4-5(8)7(2)3/h1,3-6,12H;2-6H,1H3;6H,4H2,1-3H3. The summed E-state index contributed by atoms with van der Waals surface area (Å²) < 4.78 is 0. The summed E-state index contributed by atoms with van der Waals surface area (Å²) in [6.07, 6.45) is 7.57. The number of aromatic nitrogens is 2. The molecule has 0 aliphatic carbocycles. The third-order valence-corrected chi connectivity index (χ3v) is 3.57. The van der Waals surface area contributed by atoms with E-state index in [-0.39, 0.29) is 5.91 Å². The summed E-state index contributed by atoms with van der Waals surface area (Å²) in [6, 6.07) is 13.8. The second-order valence-corrected chi connectivity index (χ2v) is 6.12. The predicted octanol–water partition coefficient (Wildman–Crippen LogP) is 2.65. The highest BCUT2D eigenvalue weighted by Gasteiger charge is 2.00. The number of nitrogens with one attached hydrogen (secondary N) is 2. The molecule has 3 aromatic rings. The maximum Gasteiger partial charge on any atom is 0.235 e. The Morgan fingerprint density at radius 2 is 1.96 bits per heavy atom. The highest BCUT2D eigenvalue weighted by atomic mass is 16.2. The Kier molecular flexibility index (Phi) is 9.73. The zero-order valence-electron chi connectivity index (χ0n) is 16.7. The third-order valence-electron chi connectivity index (χ3n) is 3.57.